The van der Waals surface area contributed by atoms with Crippen LogP contribution in [0.1, 0.15) is 6.42 Å². The highest BCUT2D eigenvalue weighted by atomic mass is 35.5. The molecule has 1 aromatic carbocycles. The molecule has 6 nitrogen and oxygen atoms in total. The van der Waals surface area contributed by atoms with Gasteiger partial charge in [0.05, 0.1) is 12.1 Å². The summed E-state index contributed by atoms with van der Waals surface area (Å²) in [6, 6.07) is 11.7. The largest absolute Gasteiger partial charge is 0.369 e. The van der Waals surface area contributed by atoms with Crippen LogP contribution in [0.5, 0.6) is 0 Å². The summed E-state index contributed by atoms with van der Waals surface area (Å²) in [7, 11) is 0. The first-order chi connectivity index (χ1) is 11.6. The Morgan fingerprint density at radius 1 is 1.17 bits per heavy atom. The Morgan fingerprint density at radius 3 is 2.42 bits per heavy atom. The quantitative estimate of drug-likeness (QED) is 0.734. The molecule has 1 aliphatic heterocycles. The maximum atomic E-state index is 12.1. The lowest BCUT2D eigenvalue weighted by Crippen LogP contribution is -2.47. The molecular formula is C17H20ClN5O. The number of hydrogen-bond donors (Lipinski definition) is 0. The molecule has 24 heavy (non-hydrogen) atoms. The smallest absolute Gasteiger partial charge is 0.225 e. The number of hydrogen-bond acceptors (Lipinski definition) is 5. The SMILES string of the molecule is N#CCN(CC#N)C(=O)CCN1CCN(c2cccc(Cl)c2)CC1. The number of rotatable bonds is 6. The third-order valence-corrected chi connectivity index (χ3v) is 4.30. The number of carbonyl (C=O) groups excluding carboxylic acids is 1. The van der Waals surface area contributed by atoms with Crippen LogP contribution in [-0.2, 0) is 4.79 Å². The second-order valence-electron chi connectivity index (χ2n) is 5.62. The Balaban J connectivity index is 1.78. The summed E-state index contributed by atoms with van der Waals surface area (Å²) in [6.45, 7) is 4.09. The van der Waals surface area contributed by atoms with Gasteiger partial charge in [0.25, 0.3) is 0 Å². The Kier molecular flexibility index (Phi) is 6.87. The van der Waals surface area contributed by atoms with E-state index in [1.54, 1.807) is 0 Å². The number of benzene rings is 1. The zero-order chi connectivity index (χ0) is 17.4. The number of anilines is 1. The zero-order valence-electron chi connectivity index (χ0n) is 13.5. The summed E-state index contributed by atoms with van der Waals surface area (Å²) >= 11 is 6.03. The molecule has 1 aromatic rings. The maximum Gasteiger partial charge on any atom is 0.225 e. The molecule has 126 valence electrons. The van der Waals surface area contributed by atoms with Crippen molar-refractivity contribution in [2.75, 3.05) is 50.7 Å². The molecule has 7 heteroatoms. The van der Waals surface area contributed by atoms with Crippen LogP contribution in [0, 0.1) is 22.7 Å². The van der Waals surface area contributed by atoms with Crippen molar-refractivity contribution in [2.45, 2.75) is 6.42 Å². The van der Waals surface area contributed by atoms with Crippen LogP contribution in [0.4, 0.5) is 5.69 Å². The van der Waals surface area contributed by atoms with Crippen LogP contribution in [0.15, 0.2) is 24.3 Å². The van der Waals surface area contributed by atoms with Gasteiger partial charge in [0.15, 0.2) is 0 Å². The Hall–Kier alpha value is -2.28. The fourth-order valence-corrected chi connectivity index (χ4v) is 2.90. The number of carbonyl (C=O) groups is 1. The molecule has 2 rings (SSSR count). The predicted molar refractivity (Wildman–Crippen MR) is 92.5 cm³/mol. The van der Waals surface area contributed by atoms with Gasteiger partial charge in [0.2, 0.25) is 5.91 Å². The molecule has 1 heterocycles. The first-order valence-electron chi connectivity index (χ1n) is 7.88. The van der Waals surface area contributed by atoms with Crippen molar-refractivity contribution in [1.82, 2.24) is 9.80 Å². The highest BCUT2D eigenvalue weighted by Gasteiger charge is 2.19. The summed E-state index contributed by atoms with van der Waals surface area (Å²) in [4.78, 5) is 17.9. The molecule has 1 aliphatic rings. The van der Waals surface area contributed by atoms with Gasteiger partial charge in [0.1, 0.15) is 13.1 Å². The topological polar surface area (TPSA) is 74.4 Å². The summed E-state index contributed by atoms with van der Waals surface area (Å²) in [5.41, 5.74) is 1.12. The first-order valence-corrected chi connectivity index (χ1v) is 8.26. The number of halogens is 1. The first kappa shape index (κ1) is 18.1. The van der Waals surface area contributed by atoms with E-state index in [1.165, 1.54) is 4.90 Å². The minimum atomic E-state index is -0.143. The van der Waals surface area contributed by atoms with Gasteiger partial charge in [-0.3, -0.25) is 9.69 Å². The van der Waals surface area contributed by atoms with Gasteiger partial charge in [-0.05, 0) is 18.2 Å². The number of nitrogens with zero attached hydrogens (tertiary/aromatic N) is 5. The van der Waals surface area contributed by atoms with E-state index in [1.807, 2.05) is 36.4 Å². The van der Waals surface area contributed by atoms with Crippen LogP contribution in [0.25, 0.3) is 0 Å². The monoisotopic (exact) mass is 345 g/mol. The number of amides is 1. The zero-order valence-corrected chi connectivity index (χ0v) is 14.2. The van der Waals surface area contributed by atoms with Crippen LogP contribution in [0.2, 0.25) is 5.02 Å². The van der Waals surface area contributed by atoms with Crippen molar-refractivity contribution in [3.05, 3.63) is 29.3 Å². The average molecular weight is 346 g/mol. The molecule has 0 atom stereocenters. The third kappa shape index (κ3) is 5.13. The molecule has 1 fully saturated rings. The third-order valence-electron chi connectivity index (χ3n) is 4.06. The second-order valence-corrected chi connectivity index (χ2v) is 6.06. The van der Waals surface area contributed by atoms with Crippen molar-refractivity contribution in [1.29, 1.82) is 10.5 Å². The van der Waals surface area contributed by atoms with Crippen molar-refractivity contribution >= 4 is 23.2 Å². The van der Waals surface area contributed by atoms with Crippen LogP contribution >= 0.6 is 11.6 Å². The van der Waals surface area contributed by atoms with E-state index in [0.717, 1.165) is 36.9 Å². The van der Waals surface area contributed by atoms with Gasteiger partial charge < -0.3 is 9.80 Å². The second kappa shape index (κ2) is 9.12. The molecule has 0 N–H and O–H groups in total. The summed E-state index contributed by atoms with van der Waals surface area (Å²) in [6.07, 6.45) is 0.334. The van der Waals surface area contributed by atoms with Gasteiger partial charge in [-0.1, -0.05) is 17.7 Å². The molecule has 1 saturated heterocycles. The number of piperazine rings is 1. The molecule has 0 aromatic heterocycles. The molecule has 1 amide bonds. The van der Waals surface area contributed by atoms with Gasteiger partial charge in [-0.15, -0.1) is 0 Å². The van der Waals surface area contributed by atoms with E-state index in [0.29, 0.717) is 13.0 Å². The lowest BCUT2D eigenvalue weighted by atomic mass is 10.2. The summed E-state index contributed by atoms with van der Waals surface area (Å²) < 4.78 is 0. The van der Waals surface area contributed by atoms with E-state index >= 15 is 0 Å². The van der Waals surface area contributed by atoms with Gasteiger partial charge in [0, 0.05) is 49.9 Å². The van der Waals surface area contributed by atoms with E-state index in [-0.39, 0.29) is 19.0 Å². The van der Waals surface area contributed by atoms with Gasteiger partial charge >= 0.3 is 0 Å². The Bertz CT molecular complexity index is 627. The fourth-order valence-electron chi connectivity index (χ4n) is 2.72. The molecule has 0 unspecified atom stereocenters. The Morgan fingerprint density at radius 2 is 1.83 bits per heavy atom. The lowest BCUT2D eigenvalue weighted by molar-refractivity contribution is -0.130. The van der Waals surface area contributed by atoms with Crippen molar-refractivity contribution in [3.63, 3.8) is 0 Å². The van der Waals surface area contributed by atoms with Crippen LogP contribution < -0.4 is 4.90 Å². The van der Waals surface area contributed by atoms with Crippen LogP contribution in [-0.4, -0.2) is 61.5 Å². The molecule has 0 spiro atoms. The molecular weight excluding hydrogens is 326 g/mol. The van der Waals surface area contributed by atoms with E-state index in [2.05, 4.69) is 9.80 Å². The fraction of sp³-hybridized carbons (Fsp3) is 0.471. The molecule has 0 bridgehead atoms. The molecule has 0 saturated carbocycles. The van der Waals surface area contributed by atoms with Gasteiger partial charge in [-0.2, -0.15) is 10.5 Å². The minimum Gasteiger partial charge on any atom is -0.369 e. The van der Waals surface area contributed by atoms with E-state index in [9.17, 15) is 4.79 Å². The van der Waals surface area contributed by atoms with Crippen molar-refractivity contribution < 1.29 is 4.79 Å². The standard InChI is InChI=1S/C17H20ClN5O/c18-15-2-1-3-16(14-15)22-12-10-21(11-13-22)7-4-17(24)23(8-5-19)9-6-20/h1-3,14H,4,7-13H2. The van der Waals surface area contributed by atoms with Crippen molar-refractivity contribution in [3.8, 4) is 12.1 Å². The maximum absolute atomic E-state index is 12.1. The minimum absolute atomic E-state index is 0.0328. The average Bonchev–Trinajstić information content (AvgIpc) is 2.60. The molecule has 0 radical (unpaired) electrons. The van der Waals surface area contributed by atoms with Gasteiger partial charge in [-0.25, -0.2) is 0 Å². The van der Waals surface area contributed by atoms with E-state index in [4.69, 9.17) is 22.1 Å². The highest BCUT2D eigenvalue weighted by Crippen LogP contribution is 2.20. The summed E-state index contributed by atoms with van der Waals surface area (Å²) in [5.74, 6) is -0.143. The lowest BCUT2D eigenvalue weighted by Gasteiger charge is -2.36. The highest BCUT2D eigenvalue weighted by molar-refractivity contribution is 6.30. The van der Waals surface area contributed by atoms with Crippen molar-refractivity contribution in [2.24, 2.45) is 0 Å². The normalized spacial score (nSPS) is 14.7. The Labute approximate surface area is 147 Å². The number of nitriles is 2. The predicted octanol–water partition coefficient (Wildman–Crippen LogP) is 1.73. The molecule has 0 aliphatic carbocycles. The summed E-state index contributed by atoms with van der Waals surface area (Å²) in [5, 5.41) is 18.1. The van der Waals surface area contributed by atoms with E-state index < -0.39 is 0 Å². The van der Waals surface area contributed by atoms with Crippen LogP contribution in [0.3, 0.4) is 0 Å².